The molecule has 6 heteroatoms. The molecule has 4 rings (SSSR count). The van der Waals surface area contributed by atoms with E-state index in [1.54, 1.807) is 6.07 Å². The average molecular weight is 339 g/mol. The zero-order chi connectivity index (χ0) is 17.4. The fourth-order valence-electron chi connectivity index (χ4n) is 3.42. The second kappa shape index (κ2) is 6.12. The zero-order valence-corrected chi connectivity index (χ0v) is 13.7. The van der Waals surface area contributed by atoms with Crippen LogP contribution in [0.4, 0.5) is 5.69 Å². The third-order valence-corrected chi connectivity index (χ3v) is 4.68. The number of methoxy groups -OCH3 is 1. The lowest BCUT2D eigenvalue weighted by molar-refractivity contribution is -0.149. The van der Waals surface area contributed by atoms with Crippen molar-refractivity contribution in [2.45, 2.75) is 12.3 Å². The quantitative estimate of drug-likeness (QED) is 0.672. The van der Waals surface area contributed by atoms with E-state index in [-0.39, 0.29) is 18.6 Å². The van der Waals surface area contributed by atoms with Gasteiger partial charge in [-0.05, 0) is 35.7 Å². The maximum absolute atomic E-state index is 12.7. The molecule has 0 spiro atoms. The SMILES string of the molecule is COC(=O)C1C(=O)Nc2ccccc2CC1c1ccc2c(c1)OCO2. The van der Waals surface area contributed by atoms with Gasteiger partial charge in [0.2, 0.25) is 12.7 Å². The van der Waals surface area contributed by atoms with Crippen LogP contribution in [0.25, 0.3) is 0 Å². The Morgan fingerprint density at radius 3 is 2.80 bits per heavy atom. The highest BCUT2D eigenvalue weighted by molar-refractivity contribution is 6.06. The third-order valence-electron chi connectivity index (χ3n) is 4.68. The first kappa shape index (κ1) is 15.5. The Bertz CT molecular complexity index is 847. The molecule has 0 aliphatic carbocycles. The fourth-order valence-corrected chi connectivity index (χ4v) is 3.42. The van der Waals surface area contributed by atoms with Gasteiger partial charge in [0.05, 0.1) is 7.11 Å². The molecule has 2 aliphatic rings. The molecule has 0 fully saturated rings. The number of hydrogen-bond donors (Lipinski definition) is 1. The van der Waals surface area contributed by atoms with Crippen LogP contribution in [0, 0.1) is 5.92 Å². The van der Waals surface area contributed by atoms with Crippen LogP contribution in [-0.4, -0.2) is 25.8 Å². The van der Waals surface area contributed by atoms with Crippen LogP contribution in [0.1, 0.15) is 17.0 Å². The van der Waals surface area contributed by atoms with Gasteiger partial charge in [0, 0.05) is 11.6 Å². The first-order chi connectivity index (χ1) is 12.2. The maximum Gasteiger partial charge on any atom is 0.318 e. The number of nitrogens with one attached hydrogen (secondary N) is 1. The molecule has 2 unspecified atom stereocenters. The predicted octanol–water partition coefficient (Wildman–Crippen LogP) is 2.48. The molecule has 2 aromatic rings. The van der Waals surface area contributed by atoms with Crippen LogP contribution < -0.4 is 14.8 Å². The Hall–Kier alpha value is -3.02. The van der Waals surface area contributed by atoms with Crippen LogP contribution in [0.15, 0.2) is 42.5 Å². The number of esters is 1. The fraction of sp³-hybridized carbons (Fsp3) is 0.263. The topological polar surface area (TPSA) is 73.9 Å². The lowest BCUT2D eigenvalue weighted by Gasteiger charge is -2.22. The number of para-hydroxylation sites is 1. The van der Waals surface area contributed by atoms with Crippen molar-refractivity contribution < 1.29 is 23.8 Å². The Morgan fingerprint density at radius 2 is 1.96 bits per heavy atom. The highest BCUT2D eigenvalue weighted by Crippen LogP contribution is 2.40. The van der Waals surface area contributed by atoms with Crippen molar-refractivity contribution in [2.24, 2.45) is 5.92 Å². The van der Waals surface area contributed by atoms with Gasteiger partial charge in [-0.15, -0.1) is 0 Å². The van der Waals surface area contributed by atoms with E-state index < -0.39 is 11.9 Å². The molecule has 0 bridgehead atoms. The molecular weight excluding hydrogens is 322 g/mol. The number of fused-ring (bicyclic) bond motifs is 2. The summed E-state index contributed by atoms with van der Waals surface area (Å²) in [5, 5.41) is 2.84. The highest BCUT2D eigenvalue weighted by Gasteiger charge is 2.40. The number of rotatable bonds is 2. The number of ether oxygens (including phenoxy) is 3. The number of amides is 1. The van der Waals surface area contributed by atoms with Crippen molar-refractivity contribution in [3.63, 3.8) is 0 Å². The van der Waals surface area contributed by atoms with Crippen molar-refractivity contribution >= 4 is 17.6 Å². The van der Waals surface area contributed by atoms with Gasteiger partial charge in [-0.2, -0.15) is 0 Å². The number of anilines is 1. The van der Waals surface area contributed by atoms with E-state index in [1.807, 2.05) is 36.4 Å². The molecule has 2 heterocycles. The zero-order valence-electron chi connectivity index (χ0n) is 13.7. The molecule has 2 aromatic carbocycles. The van der Waals surface area contributed by atoms with E-state index in [1.165, 1.54) is 7.11 Å². The Balaban J connectivity index is 1.80. The lowest BCUT2D eigenvalue weighted by atomic mass is 9.81. The molecule has 0 saturated carbocycles. The Morgan fingerprint density at radius 1 is 1.16 bits per heavy atom. The first-order valence-corrected chi connectivity index (χ1v) is 8.03. The van der Waals surface area contributed by atoms with Gasteiger partial charge in [0.1, 0.15) is 5.92 Å². The molecule has 1 amide bonds. The predicted molar refractivity (Wildman–Crippen MR) is 89.6 cm³/mol. The number of carbonyl (C=O) groups is 2. The van der Waals surface area contributed by atoms with E-state index in [2.05, 4.69) is 5.32 Å². The monoisotopic (exact) mass is 339 g/mol. The van der Waals surface area contributed by atoms with E-state index in [4.69, 9.17) is 14.2 Å². The molecule has 0 radical (unpaired) electrons. The van der Waals surface area contributed by atoms with Crippen molar-refractivity contribution in [1.82, 2.24) is 0 Å². The van der Waals surface area contributed by atoms with Crippen LogP contribution in [0.5, 0.6) is 11.5 Å². The summed E-state index contributed by atoms with van der Waals surface area (Å²) in [6.45, 7) is 0.174. The largest absolute Gasteiger partial charge is 0.468 e. The van der Waals surface area contributed by atoms with Gasteiger partial charge in [0.25, 0.3) is 0 Å². The summed E-state index contributed by atoms with van der Waals surface area (Å²) in [4.78, 5) is 25.1. The molecular formula is C19H17NO5. The normalized spacial score (nSPS) is 21.1. The molecule has 128 valence electrons. The summed E-state index contributed by atoms with van der Waals surface area (Å²) < 4.78 is 15.7. The lowest BCUT2D eigenvalue weighted by Crippen LogP contribution is -2.34. The van der Waals surface area contributed by atoms with E-state index in [9.17, 15) is 9.59 Å². The van der Waals surface area contributed by atoms with E-state index in [0.717, 1.165) is 16.8 Å². The van der Waals surface area contributed by atoms with E-state index in [0.29, 0.717) is 17.9 Å². The van der Waals surface area contributed by atoms with Gasteiger partial charge in [-0.3, -0.25) is 9.59 Å². The van der Waals surface area contributed by atoms with Gasteiger partial charge < -0.3 is 19.5 Å². The van der Waals surface area contributed by atoms with Crippen molar-refractivity contribution in [3.8, 4) is 11.5 Å². The number of carbonyl (C=O) groups excluding carboxylic acids is 2. The summed E-state index contributed by atoms with van der Waals surface area (Å²) in [6, 6.07) is 13.1. The number of benzene rings is 2. The smallest absolute Gasteiger partial charge is 0.318 e. The Kier molecular flexibility index (Phi) is 3.80. The van der Waals surface area contributed by atoms with Crippen molar-refractivity contribution in [3.05, 3.63) is 53.6 Å². The standard InChI is InChI=1S/C19H17NO5/c1-23-19(22)17-13(11-6-7-15-16(9-11)25-10-24-15)8-12-4-2-3-5-14(12)20-18(17)21/h2-7,9,13,17H,8,10H2,1H3,(H,20,21). The third kappa shape index (κ3) is 2.69. The minimum Gasteiger partial charge on any atom is -0.468 e. The van der Waals surface area contributed by atoms with Crippen LogP contribution in [0.3, 0.4) is 0 Å². The molecule has 2 atom stereocenters. The average Bonchev–Trinajstić information content (AvgIpc) is 3.04. The van der Waals surface area contributed by atoms with Gasteiger partial charge >= 0.3 is 5.97 Å². The molecule has 25 heavy (non-hydrogen) atoms. The second-order valence-electron chi connectivity index (χ2n) is 6.07. The minimum atomic E-state index is -0.933. The molecule has 6 nitrogen and oxygen atoms in total. The van der Waals surface area contributed by atoms with Gasteiger partial charge in [0.15, 0.2) is 11.5 Å². The van der Waals surface area contributed by atoms with Gasteiger partial charge in [-0.25, -0.2) is 0 Å². The summed E-state index contributed by atoms with van der Waals surface area (Å²) in [5.41, 5.74) is 2.54. The summed E-state index contributed by atoms with van der Waals surface area (Å²) in [6.07, 6.45) is 0.536. The number of hydrogen-bond acceptors (Lipinski definition) is 5. The molecule has 2 aliphatic heterocycles. The summed E-state index contributed by atoms with van der Waals surface area (Å²) in [7, 11) is 1.30. The second-order valence-corrected chi connectivity index (χ2v) is 6.07. The van der Waals surface area contributed by atoms with Crippen molar-refractivity contribution in [2.75, 3.05) is 19.2 Å². The highest BCUT2D eigenvalue weighted by atomic mass is 16.7. The van der Waals surface area contributed by atoms with E-state index >= 15 is 0 Å². The van der Waals surface area contributed by atoms with Crippen molar-refractivity contribution in [1.29, 1.82) is 0 Å². The molecule has 1 N–H and O–H groups in total. The van der Waals surface area contributed by atoms with Crippen LogP contribution in [-0.2, 0) is 20.7 Å². The Labute approximate surface area is 144 Å². The van der Waals surface area contributed by atoms with Crippen LogP contribution >= 0.6 is 0 Å². The minimum absolute atomic E-state index is 0.174. The summed E-state index contributed by atoms with van der Waals surface area (Å²) >= 11 is 0. The van der Waals surface area contributed by atoms with Gasteiger partial charge in [-0.1, -0.05) is 24.3 Å². The van der Waals surface area contributed by atoms with Crippen LogP contribution in [0.2, 0.25) is 0 Å². The molecule has 0 saturated heterocycles. The first-order valence-electron chi connectivity index (χ1n) is 8.03. The molecule has 0 aromatic heterocycles. The maximum atomic E-state index is 12.7. The summed E-state index contributed by atoms with van der Waals surface area (Å²) in [5.74, 6) is -0.910.